The molecule has 128 valence electrons. The van der Waals surface area contributed by atoms with Crippen molar-refractivity contribution in [2.24, 2.45) is 0 Å². The number of nitrogens with zero attached hydrogens (tertiary/aromatic N) is 1. The van der Waals surface area contributed by atoms with Crippen LogP contribution in [0.15, 0.2) is 29.2 Å². The van der Waals surface area contributed by atoms with E-state index in [0.29, 0.717) is 25.2 Å². The zero-order chi connectivity index (χ0) is 16.7. The summed E-state index contributed by atoms with van der Waals surface area (Å²) in [6.45, 7) is 3.86. The molecule has 1 aliphatic heterocycles. The largest absolute Gasteiger partial charge is 0.352 e. The van der Waals surface area contributed by atoms with Crippen LogP contribution in [0.3, 0.4) is 0 Å². The molecular formula is C17H26N2O3S. The molecule has 1 fully saturated rings. The molecule has 1 heterocycles. The number of nitrogens with one attached hydrogen (secondary N) is 1. The molecule has 1 aliphatic rings. The summed E-state index contributed by atoms with van der Waals surface area (Å²) in [6, 6.07) is 6.35. The first-order valence-corrected chi connectivity index (χ1v) is 9.88. The Morgan fingerprint density at radius 1 is 1.17 bits per heavy atom. The maximum atomic E-state index is 12.7. The van der Waals surface area contributed by atoms with E-state index in [-0.39, 0.29) is 10.8 Å². The normalized spacial score (nSPS) is 16.2. The summed E-state index contributed by atoms with van der Waals surface area (Å²) in [7, 11) is -3.49. The van der Waals surface area contributed by atoms with Crippen LogP contribution in [-0.2, 0) is 10.0 Å². The maximum absolute atomic E-state index is 12.7. The molecule has 0 aromatic heterocycles. The summed E-state index contributed by atoms with van der Waals surface area (Å²) in [6.07, 6.45) is 5.98. The molecule has 0 bridgehead atoms. The van der Waals surface area contributed by atoms with E-state index >= 15 is 0 Å². The average molecular weight is 338 g/mol. The van der Waals surface area contributed by atoms with Crippen LogP contribution in [0.1, 0.15) is 55.8 Å². The summed E-state index contributed by atoms with van der Waals surface area (Å²) < 4.78 is 26.8. The Morgan fingerprint density at radius 3 is 2.61 bits per heavy atom. The molecule has 0 spiro atoms. The molecule has 1 N–H and O–H groups in total. The highest BCUT2D eigenvalue weighted by atomic mass is 32.2. The number of amides is 1. The van der Waals surface area contributed by atoms with Crippen molar-refractivity contribution in [3.63, 3.8) is 0 Å². The molecule has 5 nitrogen and oxygen atoms in total. The van der Waals surface area contributed by atoms with Crippen LogP contribution >= 0.6 is 0 Å². The molecule has 23 heavy (non-hydrogen) atoms. The van der Waals surface area contributed by atoms with E-state index < -0.39 is 10.0 Å². The van der Waals surface area contributed by atoms with Gasteiger partial charge in [0.1, 0.15) is 0 Å². The molecule has 0 atom stereocenters. The second-order valence-corrected chi connectivity index (χ2v) is 7.89. The fourth-order valence-electron chi connectivity index (χ4n) is 2.73. The van der Waals surface area contributed by atoms with E-state index in [1.807, 2.05) is 0 Å². The first-order chi connectivity index (χ1) is 11.1. The fraction of sp³-hybridized carbons (Fsp3) is 0.588. The van der Waals surface area contributed by atoms with Crippen molar-refractivity contribution < 1.29 is 13.2 Å². The van der Waals surface area contributed by atoms with E-state index in [9.17, 15) is 13.2 Å². The Hall–Kier alpha value is -1.40. The minimum atomic E-state index is -3.49. The van der Waals surface area contributed by atoms with Gasteiger partial charge in [-0.15, -0.1) is 0 Å². The van der Waals surface area contributed by atoms with Gasteiger partial charge in [-0.3, -0.25) is 4.79 Å². The highest BCUT2D eigenvalue weighted by molar-refractivity contribution is 7.89. The van der Waals surface area contributed by atoms with Crippen molar-refractivity contribution in [1.82, 2.24) is 9.62 Å². The lowest BCUT2D eigenvalue weighted by atomic mass is 10.2. The predicted octanol–water partition coefficient (Wildman–Crippen LogP) is 2.78. The van der Waals surface area contributed by atoms with Crippen LogP contribution < -0.4 is 5.32 Å². The number of piperidine rings is 1. The maximum Gasteiger partial charge on any atom is 0.251 e. The Labute approximate surface area is 139 Å². The topological polar surface area (TPSA) is 66.5 Å². The van der Waals surface area contributed by atoms with Crippen LogP contribution in [0.5, 0.6) is 0 Å². The highest BCUT2D eigenvalue weighted by Crippen LogP contribution is 2.21. The summed E-state index contributed by atoms with van der Waals surface area (Å²) in [4.78, 5) is 12.4. The van der Waals surface area contributed by atoms with Crippen molar-refractivity contribution in [3.05, 3.63) is 29.8 Å². The number of unbranched alkanes of at least 4 members (excludes halogenated alkanes) is 2. The van der Waals surface area contributed by atoms with Crippen LogP contribution in [0.2, 0.25) is 0 Å². The summed E-state index contributed by atoms with van der Waals surface area (Å²) in [5.41, 5.74) is 0.402. The lowest BCUT2D eigenvalue weighted by molar-refractivity contribution is 0.0952. The first kappa shape index (κ1) is 17.9. The number of hydrogen-bond donors (Lipinski definition) is 1. The molecule has 6 heteroatoms. The van der Waals surface area contributed by atoms with E-state index in [0.717, 1.165) is 38.5 Å². The van der Waals surface area contributed by atoms with E-state index in [2.05, 4.69) is 12.2 Å². The lowest BCUT2D eigenvalue weighted by Gasteiger charge is -2.26. The van der Waals surface area contributed by atoms with Crippen molar-refractivity contribution in [2.45, 2.75) is 50.3 Å². The van der Waals surface area contributed by atoms with Gasteiger partial charge in [-0.2, -0.15) is 4.31 Å². The van der Waals surface area contributed by atoms with Gasteiger partial charge in [0, 0.05) is 25.2 Å². The molecule has 0 radical (unpaired) electrons. The van der Waals surface area contributed by atoms with Crippen molar-refractivity contribution in [3.8, 4) is 0 Å². The molecule has 0 unspecified atom stereocenters. The Balaban J connectivity index is 2.08. The monoisotopic (exact) mass is 338 g/mol. The second kappa shape index (κ2) is 8.45. The van der Waals surface area contributed by atoms with Gasteiger partial charge in [-0.05, 0) is 37.5 Å². The number of sulfonamides is 1. The third-order valence-corrected chi connectivity index (χ3v) is 6.01. The van der Waals surface area contributed by atoms with Crippen LogP contribution in [0, 0.1) is 0 Å². The van der Waals surface area contributed by atoms with E-state index in [1.165, 1.54) is 10.4 Å². The predicted molar refractivity (Wildman–Crippen MR) is 90.9 cm³/mol. The Kier molecular flexibility index (Phi) is 6.59. The average Bonchev–Trinajstić information content (AvgIpc) is 2.59. The zero-order valence-corrected chi connectivity index (χ0v) is 14.6. The summed E-state index contributed by atoms with van der Waals surface area (Å²) >= 11 is 0. The van der Waals surface area contributed by atoms with E-state index in [1.54, 1.807) is 18.2 Å². The van der Waals surface area contributed by atoms with Gasteiger partial charge in [-0.25, -0.2) is 8.42 Å². The van der Waals surface area contributed by atoms with Gasteiger partial charge in [0.15, 0.2) is 0 Å². The number of carbonyl (C=O) groups is 1. The first-order valence-electron chi connectivity index (χ1n) is 8.44. The highest BCUT2D eigenvalue weighted by Gasteiger charge is 2.26. The third kappa shape index (κ3) is 4.78. The quantitative estimate of drug-likeness (QED) is 0.778. The van der Waals surface area contributed by atoms with Crippen molar-refractivity contribution in [2.75, 3.05) is 19.6 Å². The smallest absolute Gasteiger partial charge is 0.251 e. The SMILES string of the molecule is CCCCCNC(=O)c1cccc(S(=O)(=O)N2CCCCC2)c1. The summed E-state index contributed by atoms with van der Waals surface area (Å²) in [5, 5.41) is 2.84. The Morgan fingerprint density at radius 2 is 1.91 bits per heavy atom. The van der Waals surface area contributed by atoms with E-state index in [4.69, 9.17) is 0 Å². The van der Waals surface area contributed by atoms with Gasteiger partial charge in [0.25, 0.3) is 5.91 Å². The molecule has 2 rings (SSSR count). The van der Waals surface area contributed by atoms with Gasteiger partial charge in [0.05, 0.1) is 4.90 Å². The number of rotatable bonds is 7. The van der Waals surface area contributed by atoms with Crippen LogP contribution in [0.4, 0.5) is 0 Å². The number of carbonyl (C=O) groups excluding carboxylic acids is 1. The minimum Gasteiger partial charge on any atom is -0.352 e. The van der Waals surface area contributed by atoms with Crippen molar-refractivity contribution >= 4 is 15.9 Å². The number of benzene rings is 1. The van der Waals surface area contributed by atoms with Crippen LogP contribution in [0.25, 0.3) is 0 Å². The third-order valence-electron chi connectivity index (χ3n) is 4.11. The summed E-state index contributed by atoms with van der Waals surface area (Å²) in [5.74, 6) is -0.211. The standard InChI is InChI=1S/C17H26N2O3S/c1-2-3-5-11-18-17(20)15-9-8-10-16(14-15)23(21,22)19-12-6-4-7-13-19/h8-10,14H,2-7,11-13H2,1H3,(H,18,20). The zero-order valence-electron chi connectivity index (χ0n) is 13.8. The molecule has 1 aromatic carbocycles. The molecule has 1 saturated heterocycles. The van der Waals surface area contributed by atoms with Gasteiger partial charge >= 0.3 is 0 Å². The fourth-order valence-corrected chi connectivity index (χ4v) is 4.29. The van der Waals surface area contributed by atoms with Crippen LogP contribution in [-0.4, -0.2) is 38.3 Å². The molecule has 0 aliphatic carbocycles. The van der Waals surface area contributed by atoms with Gasteiger partial charge < -0.3 is 5.32 Å². The molecule has 0 saturated carbocycles. The van der Waals surface area contributed by atoms with Gasteiger partial charge in [-0.1, -0.05) is 32.3 Å². The molecular weight excluding hydrogens is 312 g/mol. The molecule has 1 aromatic rings. The minimum absolute atomic E-state index is 0.209. The number of hydrogen-bond acceptors (Lipinski definition) is 3. The van der Waals surface area contributed by atoms with Gasteiger partial charge in [0.2, 0.25) is 10.0 Å². The molecule has 1 amide bonds. The second-order valence-electron chi connectivity index (χ2n) is 5.96. The van der Waals surface area contributed by atoms with Crippen molar-refractivity contribution in [1.29, 1.82) is 0 Å². The lowest BCUT2D eigenvalue weighted by Crippen LogP contribution is -2.35. The Bertz CT molecular complexity index is 622.